The molecule has 14 heavy (non-hydrogen) atoms. The molecule has 1 aromatic carbocycles. The predicted octanol–water partition coefficient (Wildman–Crippen LogP) is 2.99. The van der Waals surface area contributed by atoms with Gasteiger partial charge in [0, 0.05) is 9.37 Å². The van der Waals surface area contributed by atoms with Crippen LogP contribution in [0.1, 0.15) is 17.5 Å². The van der Waals surface area contributed by atoms with Crippen LogP contribution in [0, 0.1) is 0 Å². The molecular weight excluding hydrogens is 258 g/mol. The molecule has 0 spiro atoms. The van der Waals surface area contributed by atoms with Crippen molar-refractivity contribution in [2.45, 2.75) is 24.2 Å². The van der Waals surface area contributed by atoms with Crippen molar-refractivity contribution >= 4 is 27.7 Å². The van der Waals surface area contributed by atoms with Crippen LogP contribution in [0.3, 0.4) is 0 Å². The Morgan fingerprint density at radius 2 is 2.29 bits per heavy atom. The number of hydrogen-bond donors (Lipinski definition) is 1. The van der Waals surface area contributed by atoms with Gasteiger partial charge in [-0.2, -0.15) is 0 Å². The summed E-state index contributed by atoms with van der Waals surface area (Å²) < 4.78 is 1.25. The molecule has 0 aliphatic carbocycles. The summed E-state index contributed by atoms with van der Waals surface area (Å²) in [5.41, 5.74) is 8.43. The molecule has 0 saturated heterocycles. The topological polar surface area (TPSA) is 26.0 Å². The maximum atomic E-state index is 5.57. The van der Waals surface area contributed by atoms with Crippen LogP contribution in [0.15, 0.2) is 21.5 Å². The molecule has 2 N–H and O–H groups in total. The van der Waals surface area contributed by atoms with Crippen LogP contribution in [0.2, 0.25) is 0 Å². The quantitative estimate of drug-likeness (QED) is 0.895. The van der Waals surface area contributed by atoms with Crippen molar-refractivity contribution in [3.05, 3.63) is 27.7 Å². The third kappa shape index (κ3) is 2.15. The highest BCUT2D eigenvalue weighted by molar-refractivity contribution is 9.10. The SMILES string of the molecule is NCCc1cc(Br)c2c(c1)CCCS2. The van der Waals surface area contributed by atoms with Crippen LogP contribution in [0.5, 0.6) is 0 Å². The standard InChI is InChI=1S/C11H14BrNS/c12-10-7-8(3-4-13)6-9-2-1-5-14-11(9)10/h6-7H,1-5,13H2. The monoisotopic (exact) mass is 271 g/mol. The number of benzene rings is 1. The van der Waals surface area contributed by atoms with Crippen molar-refractivity contribution in [2.24, 2.45) is 5.73 Å². The lowest BCUT2D eigenvalue weighted by Crippen LogP contribution is -2.05. The number of aryl methyl sites for hydroxylation is 1. The summed E-state index contributed by atoms with van der Waals surface area (Å²) in [5, 5.41) is 0. The average molecular weight is 272 g/mol. The molecule has 0 unspecified atom stereocenters. The Labute approximate surface area is 97.6 Å². The first-order valence-electron chi connectivity index (χ1n) is 4.95. The minimum absolute atomic E-state index is 0.734. The first kappa shape index (κ1) is 10.5. The highest BCUT2D eigenvalue weighted by Gasteiger charge is 2.13. The molecule has 1 nitrogen and oxygen atoms in total. The van der Waals surface area contributed by atoms with Gasteiger partial charge in [0.05, 0.1) is 0 Å². The normalized spacial score (nSPS) is 15.3. The van der Waals surface area contributed by atoms with Gasteiger partial charge in [0.15, 0.2) is 0 Å². The number of fused-ring (bicyclic) bond motifs is 1. The summed E-state index contributed by atoms with van der Waals surface area (Å²) in [6.07, 6.45) is 3.51. The van der Waals surface area contributed by atoms with Gasteiger partial charge in [-0.05, 0) is 64.7 Å². The number of hydrogen-bond acceptors (Lipinski definition) is 2. The molecule has 3 heteroatoms. The van der Waals surface area contributed by atoms with Gasteiger partial charge in [0.25, 0.3) is 0 Å². The lowest BCUT2D eigenvalue weighted by atomic mass is 10.0. The van der Waals surface area contributed by atoms with Crippen molar-refractivity contribution < 1.29 is 0 Å². The maximum Gasteiger partial charge on any atom is 0.0316 e. The van der Waals surface area contributed by atoms with E-state index in [1.54, 1.807) is 0 Å². The van der Waals surface area contributed by atoms with E-state index in [0.717, 1.165) is 13.0 Å². The zero-order valence-corrected chi connectivity index (χ0v) is 10.5. The molecule has 0 aromatic heterocycles. The van der Waals surface area contributed by atoms with E-state index in [1.807, 2.05) is 11.8 Å². The molecule has 0 bridgehead atoms. The van der Waals surface area contributed by atoms with E-state index < -0.39 is 0 Å². The molecule has 76 valence electrons. The van der Waals surface area contributed by atoms with Crippen molar-refractivity contribution in [3.8, 4) is 0 Å². The number of thioether (sulfide) groups is 1. The van der Waals surface area contributed by atoms with Gasteiger partial charge < -0.3 is 5.73 Å². The minimum atomic E-state index is 0.734. The van der Waals surface area contributed by atoms with Gasteiger partial charge in [0.2, 0.25) is 0 Å². The molecule has 0 fully saturated rings. The zero-order chi connectivity index (χ0) is 9.97. The molecule has 1 aliphatic rings. The molecule has 1 heterocycles. The van der Waals surface area contributed by atoms with Crippen LogP contribution in [-0.2, 0) is 12.8 Å². The lowest BCUT2D eigenvalue weighted by molar-refractivity contribution is 0.874. The van der Waals surface area contributed by atoms with Crippen LogP contribution in [0.4, 0.5) is 0 Å². The summed E-state index contributed by atoms with van der Waals surface area (Å²) in [7, 11) is 0. The Balaban J connectivity index is 2.36. The van der Waals surface area contributed by atoms with Crippen molar-refractivity contribution in [3.63, 3.8) is 0 Å². The van der Waals surface area contributed by atoms with Gasteiger partial charge in [0.1, 0.15) is 0 Å². The summed E-state index contributed by atoms with van der Waals surface area (Å²) in [4.78, 5) is 1.44. The molecule has 0 amide bonds. The van der Waals surface area contributed by atoms with Gasteiger partial charge in [-0.1, -0.05) is 6.07 Å². The smallest absolute Gasteiger partial charge is 0.0316 e. The Kier molecular flexibility index (Phi) is 3.52. The van der Waals surface area contributed by atoms with E-state index in [-0.39, 0.29) is 0 Å². The molecule has 1 aromatic rings. The van der Waals surface area contributed by atoms with Crippen LogP contribution in [0.25, 0.3) is 0 Å². The zero-order valence-electron chi connectivity index (χ0n) is 8.05. The molecule has 0 atom stereocenters. The summed E-state index contributed by atoms with van der Waals surface area (Å²) in [6.45, 7) is 0.734. The van der Waals surface area contributed by atoms with Gasteiger partial charge >= 0.3 is 0 Å². The van der Waals surface area contributed by atoms with Crippen LogP contribution >= 0.6 is 27.7 Å². The van der Waals surface area contributed by atoms with Crippen LogP contribution in [-0.4, -0.2) is 12.3 Å². The summed E-state index contributed by atoms with van der Waals surface area (Å²) in [5.74, 6) is 1.25. The second-order valence-corrected chi connectivity index (χ2v) is 5.52. The largest absolute Gasteiger partial charge is 0.330 e. The fourth-order valence-corrected chi connectivity index (χ4v) is 3.74. The summed E-state index contributed by atoms with van der Waals surface area (Å²) in [6, 6.07) is 4.53. The van der Waals surface area contributed by atoms with Crippen molar-refractivity contribution in [1.82, 2.24) is 0 Å². The molecule has 2 rings (SSSR count). The van der Waals surface area contributed by atoms with Gasteiger partial charge in [-0.25, -0.2) is 0 Å². The first-order valence-corrected chi connectivity index (χ1v) is 6.73. The Hall–Kier alpha value is 0.01000. The molecular formula is C11H14BrNS. The highest BCUT2D eigenvalue weighted by atomic mass is 79.9. The lowest BCUT2D eigenvalue weighted by Gasteiger charge is -2.17. The minimum Gasteiger partial charge on any atom is -0.330 e. The second-order valence-electron chi connectivity index (χ2n) is 3.56. The molecule has 1 aliphatic heterocycles. The first-order chi connectivity index (χ1) is 6.81. The van der Waals surface area contributed by atoms with E-state index in [0.29, 0.717) is 0 Å². The Morgan fingerprint density at radius 3 is 3.07 bits per heavy atom. The third-order valence-corrected chi connectivity index (χ3v) is 4.60. The van der Waals surface area contributed by atoms with E-state index in [4.69, 9.17) is 5.73 Å². The van der Waals surface area contributed by atoms with Crippen molar-refractivity contribution in [1.29, 1.82) is 0 Å². The van der Waals surface area contributed by atoms with E-state index in [2.05, 4.69) is 28.1 Å². The average Bonchev–Trinajstić information content (AvgIpc) is 2.18. The molecule has 0 saturated carbocycles. The van der Waals surface area contributed by atoms with Crippen molar-refractivity contribution in [2.75, 3.05) is 12.3 Å². The fourth-order valence-electron chi connectivity index (χ4n) is 1.81. The number of nitrogens with two attached hydrogens (primary N) is 1. The number of halogens is 1. The van der Waals surface area contributed by atoms with E-state index in [9.17, 15) is 0 Å². The van der Waals surface area contributed by atoms with E-state index in [1.165, 1.54) is 39.1 Å². The van der Waals surface area contributed by atoms with Gasteiger partial charge in [-0.3, -0.25) is 0 Å². The number of rotatable bonds is 2. The Morgan fingerprint density at radius 1 is 1.43 bits per heavy atom. The third-order valence-electron chi connectivity index (χ3n) is 2.45. The maximum absolute atomic E-state index is 5.57. The van der Waals surface area contributed by atoms with Crippen LogP contribution < -0.4 is 5.73 Å². The fraction of sp³-hybridized carbons (Fsp3) is 0.455. The molecule has 0 radical (unpaired) electrons. The van der Waals surface area contributed by atoms with E-state index >= 15 is 0 Å². The predicted molar refractivity (Wildman–Crippen MR) is 65.9 cm³/mol. The second kappa shape index (κ2) is 4.69. The summed E-state index contributed by atoms with van der Waals surface area (Å²) >= 11 is 5.61. The van der Waals surface area contributed by atoms with Gasteiger partial charge in [-0.15, -0.1) is 11.8 Å². The Bertz CT molecular complexity index is 338. The highest BCUT2D eigenvalue weighted by Crippen LogP contribution is 2.36.